The minimum Gasteiger partial charge on any atom is -0.394 e. The Labute approximate surface area is 161 Å². The first kappa shape index (κ1) is 19.4. The van der Waals surface area contributed by atoms with E-state index in [0.717, 1.165) is 17.5 Å². The van der Waals surface area contributed by atoms with Crippen LogP contribution in [0.4, 0.5) is 0 Å². The van der Waals surface area contributed by atoms with Gasteiger partial charge >= 0.3 is 0 Å². The maximum Gasteiger partial charge on any atom is 0.242 e. The second kappa shape index (κ2) is 8.14. The van der Waals surface area contributed by atoms with Crippen molar-refractivity contribution in [3.8, 4) is 11.8 Å². The number of benzene rings is 1. The Morgan fingerprint density at radius 3 is 2.59 bits per heavy atom. The van der Waals surface area contributed by atoms with Crippen molar-refractivity contribution in [2.24, 2.45) is 5.92 Å². The van der Waals surface area contributed by atoms with Gasteiger partial charge in [-0.2, -0.15) is 0 Å². The number of carbonyl (C=O) groups is 2. The zero-order chi connectivity index (χ0) is 19.6. The molecule has 0 aliphatic carbocycles. The van der Waals surface area contributed by atoms with E-state index in [1.54, 1.807) is 9.80 Å². The van der Waals surface area contributed by atoms with E-state index in [4.69, 9.17) is 0 Å². The molecule has 1 aromatic rings. The number of hydrogen-bond donors (Lipinski definition) is 1. The average molecular weight is 368 g/mol. The van der Waals surface area contributed by atoms with Gasteiger partial charge in [-0.05, 0) is 23.6 Å². The molecule has 0 aromatic heterocycles. The van der Waals surface area contributed by atoms with Gasteiger partial charge in [-0.15, -0.1) is 0 Å². The molecule has 0 spiro atoms. The van der Waals surface area contributed by atoms with Crippen LogP contribution in [0.1, 0.15) is 50.7 Å². The largest absolute Gasteiger partial charge is 0.394 e. The third kappa shape index (κ3) is 3.86. The van der Waals surface area contributed by atoms with Gasteiger partial charge in [0.25, 0.3) is 0 Å². The maximum absolute atomic E-state index is 12.5. The van der Waals surface area contributed by atoms with Gasteiger partial charge in [-0.3, -0.25) is 9.59 Å². The Morgan fingerprint density at radius 2 is 2.00 bits per heavy atom. The maximum atomic E-state index is 12.5. The zero-order valence-corrected chi connectivity index (χ0v) is 16.3. The second-order valence-electron chi connectivity index (χ2n) is 7.79. The number of aliphatic hydroxyl groups is 1. The summed E-state index contributed by atoms with van der Waals surface area (Å²) in [7, 11) is 0. The first-order valence-corrected chi connectivity index (χ1v) is 9.74. The lowest BCUT2D eigenvalue weighted by Gasteiger charge is -2.58. The predicted molar refractivity (Wildman–Crippen MR) is 104 cm³/mol. The summed E-state index contributed by atoms with van der Waals surface area (Å²) in [4.78, 5) is 27.9. The zero-order valence-electron chi connectivity index (χ0n) is 16.3. The SMILES string of the molecule is CCC(=O)N1CC(=O)N2[C@H](C1)[C@@H](c1ccc(C#CCC(C)C)cc1)[C@@H]2CO. The van der Waals surface area contributed by atoms with E-state index in [9.17, 15) is 14.7 Å². The monoisotopic (exact) mass is 368 g/mol. The van der Waals surface area contributed by atoms with Crippen LogP contribution >= 0.6 is 0 Å². The van der Waals surface area contributed by atoms with E-state index in [1.807, 2.05) is 31.2 Å². The van der Waals surface area contributed by atoms with Crippen LogP contribution in [0.15, 0.2) is 24.3 Å². The summed E-state index contributed by atoms with van der Waals surface area (Å²) in [6.45, 7) is 6.70. The van der Waals surface area contributed by atoms with E-state index in [-0.39, 0.29) is 43.0 Å². The summed E-state index contributed by atoms with van der Waals surface area (Å²) in [5.74, 6) is 6.90. The van der Waals surface area contributed by atoms with Crippen molar-refractivity contribution in [3.05, 3.63) is 35.4 Å². The molecule has 0 radical (unpaired) electrons. The van der Waals surface area contributed by atoms with Crippen LogP contribution in [0.3, 0.4) is 0 Å². The van der Waals surface area contributed by atoms with E-state index in [0.29, 0.717) is 18.9 Å². The summed E-state index contributed by atoms with van der Waals surface area (Å²) in [6.07, 6.45) is 1.27. The molecule has 144 valence electrons. The molecule has 5 heteroatoms. The van der Waals surface area contributed by atoms with Crippen molar-refractivity contribution in [1.82, 2.24) is 9.80 Å². The molecule has 1 aromatic carbocycles. The van der Waals surface area contributed by atoms with Gasteiger partial charge in [-0.25, -0.2) is 0 Å². The Bertz CT molecular complexity index is 760. The third-order valence-corrected chi connectivity index (χ3v) is 5.45. The lowest BCUT2D eigenvalue weighted by Crippen LogP contribution is -2.73. The van der Waals surface area contributed by atoms with Crippen LogP contribution < -0.4 is 0 Å². The van der Waals surface area contributed by atoms with E-state index < -0.39 is 0 Å². The number of aliphatic hydroxyl groups excluding tert-OH is 1. The van der Waals surface area contributed by atoms with Crippen molar-refractivity contribution in [2.75, 3.05) is 19.7 Å². The minimum atomic E-state index is -0.209. The molecule has 0 saturated carbocycles. The molecule has 3 rings (SSSR count). The van der Waals surface area contributed by atoms with E-state index >= 15 is 0 Å². The summed E-state index contributed by atoms with van der Waals surface area (Å²) < 4.78 is 0. The van der Waals surface area contributed by atoms with Gasteiger partial charge in [0.1, 0.15) is 0 Å². The lowest BCUT2D eigenvalue weighted by atomic mass is 9.73. The van der Waals surface area contributed by atoms with Crippen LogP contribution in [0.5, 0.6) is 0 Å². The first-order chi connectivity index (χ1) is 13.0. The standard InChI is InChI=1S/C22H28N2O3/c1-4-20(26)23-12-18-22(19(14-25)24(18)21(27)13-23)17-10-8-16(9-11-17)7-5-6-15(2)3/h8-11,15,18-19,22,25H,4,6,12-14H2,1-3H3/t18-,19+,22-/m1/s1. The van der Waals surface area contributed by atoms with Gasteiger partial charge in [0, 0.05) is 30.9 Å². The summed E-state index contributed by atoms with van der Waals surface area (Å²) >= 11 is 0. The van der Waals surface area contributed by atoms with Crippen molar-refractivity contribution in [2.45, 2.75) is 51.6 Å². The molecular formula is C22H28N2O3. The molecule has 1 N–H and O–H groups in total. The van der Waals surface area contributed by atoms with Crippen molar-refractivity contribution in [1.29, 1.82) is 0 Å². The Morgan fingerprint density at radius 1 is 1.30 bits per heavy atom. The number of piperazine rings is 1. The molecular weight excluding hydrogens is 340 g/mol. The van der Waals surface area contributed by atoms with Crippen LogP contribution in [-0.4, -0.2) is 58.5 Å². The van der Waals surface area contributed by atoms with Gasteiger partial charge in [0.15, 0.2) is 0 Å². The summed E-state index contributed by atoms with van der Waals surface area (Å²) in [6, 6.07) is 7.80. The average Bonchev–Trinajstić information content (AvgIpc) is 2.63. The topological polar surface area (TPSA) is 60.9 Å². The highest BCUT2D eigenvalue weighted by Crippen LogP contribution is 2.42. The molecule has 2 fully saturated rings. The minimum absolute atomic E-state index is 0.00460. The van der Waals surface area contributed by atoms with Crippen molar-refractivity contribution >= 4 is 11.8 Å². The molecule has 0 unspecified atom stereocenters. The van der Waals surface area contributed by atoms with Crippen LogP contribution in [0.25, 0.3) is 0 Å². The fourth-order valence-electron chi connectivity index (χ4n) is 4.06. The molecule has 0 bridgehead atoms. The molecule has 2 aliphatic rings. The molecule has 27 heavy (non-hydrogen) atoms. The first-order valence-electron chi connectivity index (χ1n) is 9.74. The predicted octanol–water partition coefficient (Wildman–Crippen LogP) is 1.99. The Kier molecular flexibility index (Phi) is 5.86. The van der Waals surface area contributed by atoms with Gasteiger partial charge < -0.3 is 14.9 Å². The van der Waals surface area contributed by atoms with Crippen LogP contribution in [0.2, 0.25) is 0 Å². The van der Waals surface area contributed by atoms with Gasteiger partial charge in [0.2, 0.25) is 11.8 Å². The fraction of sp³-hybridized carbons (Fsp3) is 0.545. The van der Waals surface area contributed by atoms with Gasteiger partial charge in [0.05, 0.1) is 25.2 Å². The van der Waals surface area contributed by atoms with Crippen LogP contribution in [0, 0.1) is 17.8 Å². The number of fused-ring (bicyclic) bond motifs is 1. The summed E-state index contributed by atoms with van der Waals surface area (Å²) in [5, 5.41) is 9.82. The van der Waals surface area contributed by atoms with Crippen molar-refractivity contribution < 1.29 is 14.7 Å². The highest BCUT2D eigenvalue weighted by Gasteiger charge is 2.54. The quantitative estimate of drug-likeness (QED) is 0.827. The van der Waals surface area contributed by atoms with Crippen LogP contribution in [-0.2, 0) is 9.59 Å². The smallest absolute Gasteiger partial charge is 0.242 e. The van der Waals surface area contributed by atoms with Crippen molar-refractivity contribution in [3.63, 3.8) is 0 Å². The lowest BCUT2D eigenvalue weighted by molar-refractivity contribution is -0.166. The second-order valence-corrected chi connectivity index (χ2v) is 7.79. The molecule has 2 amide bonds. The van der Waals surface area contributed by atoms with E-state index in [2.05, 4.69) is 25.7 Å². The molecule has 2 heterocycles. The third-order valence-electron chi connectivity index (χ3n) is 5.45. The van der Waals surface area contributed by atoms with E-state index in [1.165, 1.54) is 0 Å². The molecule has 2 aliphatic heterocycles. The molecule has 2 saturated heterocycles. The fourth-order valence-corrected chi connectivity index (χ4v) is 4.06. The number of amides is 2. The number of rotatable bonds is 4. The molecule has 3 atom stereocenters. The molecule has 5 nitrogen and oxygen atoms in total. The highest BCUT2D eigenvalue weighted by atomic mass is 16.3. The highest BCUT2D eigenvalue weighted by molar-refractivity contribution is 5.87. The Hall–Kier alpha value is -2.32. The number of hydrogen-bond acceptors (Lipinski definition) is 3. The van der Waals surface area contributed by atoms with Gasteiger partial charge in [-0.1, -0.05) is 44.7 Å². The number of carbonyl (C=O) groups excluding carboxylic acids is 2. The Balaban J connectivity index is 1.77. The normalized spacial score (nSPS) is 24.2. The number of nitrogens with zero attached hydrogens (tertiary/aromatic N) is 2. The summed E-state index contributed by atoms with van der Waals surface area (Å²) in [5.41, 5.74) is 2.06.